The number of anilines is 1. The first-order valence-electron chi connectivity index (χ1n) is 29.9. The van der Waals surface area contributed by atoms with Gasteiger partial charge in [0.1, 0.15) is 18.7 Å². The van der Waals surface area contributed by atoms with E-state index in [-0.39, 0.29) is 50.1 Å². The number of likely N-dealkylation sites (tertiary alicyclic amines) is 1. The molecule has 0 radical (unpaired) electrons. The topological polar surface area (TPSA) is 275 Å². The number of carbonyl (C=O) groups is 9. The molecule has 2 aliphatic heterocycles. The summed E-state index contributed by atoms with van der Waals surface area (Å²) in [6, 6.07) is 9.16. The lowest BCUT2D eigenvalue weighted by atomic mass is 9.90. The molecule has 22 nitrogen and oxygen atoms in total. The number of nitrogens with zero attached hydrogens (tertiary/aromatic N) is 4. The van der Waals surface area contributed by atoms with Crippen LogP contribution in [0.2, 0.25) is 0 Å². The molecule has 0 saturated carbocycles. The van der Waals surface area contributed by atoms with Gasteiger partial charge in [0.15, 0.2) is 0 Å². The average Bonchev–Trinajstić information content (AvgIpc) is 3.11. The molecule has 2 aromatic carbocycles. The largest absolute Gasteiger partial charge is 0.445 e. The molecule has 4 rings (SSSR count). The van der Waals surface area contributed by atoms with Gasteiger partial charge in [-0.15, -0.1) is 0 Å². The van der Waals surface area contributed by atoms with Crippen molar-refractivity contribution in [3.63, 3.8) is 0 Å². The smallest absolute Gasteiger partial charge is 0.410 e. The van der Waals surface area contributed by atoms with Gasteiger partial charge in [0.2, 0.25) is 35.4 Å². The molecule has 1 saturated heterocycles. The summed E-state index contributed by atoms with van der Waals surface area (Å²) < 4.78 is 59.8. The Morgan fingerprint density at radius 1 is 0.782 bits per heavy atom. The maximum absolute atomic E-state index is 14.3. The van der Waals surface area contributed by atoms with Gasteiger partial charge in [-0.25, -0.2) is 4.79 Å². The van der Waals surface area contributed by atoms with E-state index >= 15 is 0 Å². The molecular weight excluding hydrogens is 1140 g/mol. The molecule has 2 heterocycles. The Labute approximate surface area is 509 Å². The highest BCUT2D eigenvalue weighted by atomic mass is 19.4. The maximum atomic E-state index is 14.3. The van der Waals surface area contributed by atoms with Crippen LogP contribution in [0.5, 0.6) is 0 Å². The van der Waals surface area contributed by atoms with E-state index < -0.39 is 133 Å². The molecule has 1 fully saturated rings. The molecule has 0 spiro atoms. The second-order valence-electron chi connectivity index (χ2n) is 23.3. The number of rotatable bonds is 34. The highest BCUT2D eigenvalue weighted by Gasteiger charge is 2.44. The van der Waals surface area contributed by atoms with Gasteiger partial charge in [-0.1, -0.05) is 110 Å². The molecule has 6 N–H and O–H groups in total. The van der Waals surface area contributed by atoms with Crippen molar-refractivity contribution in [2.24, 2.45) is 23.7 Å². The Kier molecular flexibility index (Phi) is 28.8. The van der Waals surface area contributed by atoms with Crippen molar-refractivity contribution < 1.29 is 75.6 Å². The zero-order valence-electron chi connectivity index (χ0n) is 52.3. The molecule has 0 aliphatic carbocycles. The highest BCUT2D eigenvalue weighted by Crippen LogP contribution is 2.31. The summed E-state index contributed by atoms with van der Waals surface area (Å²) in [6.45, 7) is 13.3. The molecule has 2 aromatic rings. The van der Waals surface area contributed by atoms with Gasteiger partial charge >= 0.3 is 12.3 Å². The SMILES string of the molecule is CC[C@H](C)[C@@H]([C@@H](CC(=O)N1CCC[C@H]1[C@H](OC)[C@@H](C)C(=O)N[C@H](C)[C@@H](O)c1ccccc1)OC)N(C)C(=O)CNC(=O)C(C(C)C)N(C)C(=O)OCc1ccc(NC(=O)CNC(=O)C(N[C@@H](CCCCCN2C(=O)C=CC2=O)C(F)(F)F)C(C)C)cc1. The van der Waals surface area contributed by atoms with Crippen LogP contribution in [0, 0.1) is 23.7 Å². The van der Waals surface area contributed by atoms with E-state index in [4.69, 9.17) is 14.2 Å². The molecule has 0 bridgehead atoms. The average molecular weight is 1230 g/mol. The Morgan fingerprint density at radius 2 is 1.41 bits per heavy atom. The summed E-state index contributed by atoms with van der Waals surface area (Å²) in [4.78, 5) is 124. The molecule has 2 unspecified atom stereocenters. The predicted molar refractivity (Wildman–Crippen MR) is 319 cm³/mol. The first-order valence-corrected chi connectivity index (χ1v) is 29.9. The van der Waals surface area contributed by atoms with Gasteiger partial charge in [-0.05, 0) is 73.6 Å². The lowest BCUT2D eigenvalue weighted by molar-refractivity contribution is -0.161. The van der Waals surface area contributed by atoms with Gasteiger partial charge < -0.3 is 50.4 Å². The Bertz CT molecular complexity index is 2630. The number of benzene rings is 2. The number of hydrogen-bond acceptors (Lipinski definition) is 14. The fourth-order valence-corrected chi connectivity index (χ4v) is 11.1. The molecule has 2 aliphatic rings. The van der Waals surface area contributed by atoms with E-state index in [2.05, 4.69) is 26.6 Å². The van der Waals surface area contributed by atoms with Crippen molar-refractivity contribution in [3.05, 3.63) is 77.9 Å². The summed E-state index contributed by atoms with van der Waals surface area (Å²) >= 11 is 0. The first kappa shape index (κ1) is 72.5. The van der Waals surface area contributed by atoms with Crippen molar-refractivity contribution in [1.29, 1.82) is 0 Å². The fraction of sp³-hybridized carbons (Fsp3) is 0.629. The van der Waals surface area contributed by atoms with Crippen LogP contribution in [-0.4, -0.2) is 187 Å². The number of amides is 9. The van der Waals surface area contributed by atoms with Crippen molar-refractivity contribution in [1.82, 2.24) is 40.9 Å². The van der Waals surface area contributed by atoms with Crippen LogP contribution in [0.1, 0.15) is 124 Å². The molecule has 11 atom stereocenters. The number of likely N-dealkylation sites (N-methyl/N-ethyl adjacent to an activating group) is 2. The van der Waals surface area contributed by atoms with Crippen molar-refractivity contribution >= 4 is 59.0 Å². The third kappa shape index (κ3) is 21.1. The molecule has 9 amide bonds. The number of ether oxygens (including phenoxy) is 3. The second-order valence-corrected chi connectivity index (χ2v) is 23.3. The van der Waals surface area contributed by atoms with Crippen LogP contribution in [0.3, 0.4) is 0 Å². The van der Waals surface area contributed by atoms with Crippen LogP contribution in [0.15, 0.2) is 66.7 Å². The zero-order valence-corrected chi connectivity index (χ0v) is 52.3. The minimum atomic E-state index is -4.69. The quantitative estimate of drug-likeness (QED) is 0.0366. The standard InChI is InChI=1S/C62H92F3N9O13/c1-13-39(6)55(46(85-11)33-51(78)73-32-20-23-45(73)57(86-12)40(7)58(81)68-41(8)56(80)43-21-16-14-17-22-43)71(9)52(79)35-67-60(83)54(38(4)5)72(10)61(84)87-36-42-25-27-44(28-26-42)69-48(75)34-66-59(82)53(37(2)3)70-47(62(63,64)65)24-18-15-19-31-74-49(76)29-30-50(74)77/h14,16-17,21-22,25-30,37-41,45-47,53-57,70,80H,13,15,18-20,23-24,31-36H2,1-12H3,(H,66,82)(H,67,83)(H,68,81)(H,69,75)/t39-,40+,41+,45-,46+,47-,53?,54?,55-,56+,57+/m0/s1. The van der Waals surface area contributed by atoms with Crippen molar-refractivity contribution in [2.45, 2.75) is 174 Å². The number of nitrogens with one attached hydrogen (secondary N) is 5. The summed E-state index contributed by atoms with van der Waals surface area (Å²) in [5.74, 6) is -5.92. The Balaban J connectivity index is 1.26. The number of imide groups is 1. The minimum Gasteiger partial charge on any atom is -0.445 e. The Hall–Kier alpha value is -6.96. The van der Waals surface area contributed by atoms with Crippen LogP contribution in [0.4, 0.5) is 23.7 Å². The summed E-state index contributed by atoms with van der Waals surface area (Å²) in [5, 5.41) is 23.9. The third-order valence-electron chi connectivity index (χ3n) is 16.3. The highest BCUT2D eigenvalue weighted by molar-refractivity contribution is 6.12. The lowest BCUT2D eigenvalue weighted by Gasteiger charge is -2.39. The van der Waals surface area contributed by atoms with E-state index in [1.165, 1.54) is 38.3 Å². The van der Waals surface area contributed by atoms with E-state index in [1.54, 1.807) is 77.8 Å². The number of unbranched alkanes of at least 4 members (excludes halogenated alkanes) is 2. The number of halogens is 3. The van der Waals surface area contributed by atoms with E-state index in [0.29, 0.717) is 55.5 Å². The van der Waals surface area contributed by atoms with Crippen LogP contribution in [0.25, 0.3) is 0 Å². The molecule has 25 heteroatoms. The monoisotopic (exact) mass is 1230 g/mol. The lowest BCUT2D eigenvalue weighted by Crippen LogP contribution is -2.56. The number of carbonyl (C=O) groups excluding carboxylic acids is 9. The zero-order chi connectivity index (χ0) is 64.9. The predicted octanol–water partition coefficient (Wildman–Crippen LogP) is 5.64. The molecule has 87 heavy (non-hydrogen) atoms. The summed E-state index contributed by atoms with van der Waals surface area (Å²) in [5.41, 5.74) is 1.48. The van der Waals surface area contributed by atoms with Crippen molar-refractivity contribution in [3.8, 4) is 0 Å². The summed E-state index contributed by atoms with van der Waals surface area (Å²) in [7, 11) is 5.96. The first-order chi connectivity index (χ1) is 41.1. The fourth-order valence-electron chi connectivity index (χ4n) is 11.1. The van der Waals surface area contributed by atoms with Gasteiger partial charge in [-0.3, -0.25) is 53.5 Å². The van der Waals surface area contributed by atoms with Crippen LogP contribution < -0.4 is 26.6 Å². The number of aliphatic hydroxyl groups excluding tert-OH is 1. The normalized spacial score (nSPS) is 17.8. The van der Waals surface area contributed by atoms with Crippen LogP contribution in [-0.2, 0) is 59.2 Å². The van der Waals surface area contributed by atoms with Gasteiger partial charge in [0.05, 0.1) is 67.9 Å². The van der Waals surface area contributed by atoms with Crippen LogP contribution >= 0.6 is 0 Å². The van der Waals surface area contributed by atoms with E-state index in [0.717, 1.165) is 22.0 Å². The number of methoxy groups -OCH3 is 2. The van der Waals surface area contributed by atoms with Gasteiger partial charge in [0, 0.05) is 59.2 Å². The number of aliphatic hydroxyl groups is 1. The maximum Gasteiger partial charge on any atom is 0.410 e. The van der Waals surface area contributed by atoms with Crippen molar-refractivity contribution in [2.75, 3.05) is 59.8 Å². The molecular formula is C62H92F3N9O13. The minimum absolute atomic E-state index is 0.0879. The number of hydrogen-bond donors (Lipinski definition) is 6. The molecule has 484 valence electrons. The van der Waals surface area contributed by atoms with Gasteiger partial charge in [-0.2, -0.15) is 13.2 Å². The van der Waals surface area contributed by atoms with E-state index in [9.17, 15) is 61.4 Å². The Morgan fingerprint density at radius 3 is 1.99 bits per heavy atom. The molecule has 0 aromatic heterocycles. The second kappa shape index (κ2) is 34.5. The summed E-state index contributed by atoms with van der Waals surface area (Å²) in [6.07, 6.45) is -3.44. The number of alkyl halides is 3. The van der Waals surface area contributed by atoms with Gasteiger partial charge in [0.25, 0.3) is 11.8 Å². The van der Waals surface area contributed by atoms with E-state index in [1.807, 2.05) is 32.0 Å². The third-order valence-corrected chi connectivity index (χ3v) is 16.3.